The second kappa shape index (κ2) is 7.18. The van der Waals surface area contributed by atoms with Crippen LogP contribution in [0.4, 0.5) is 0 Å². The molecule has 0 aromatic heterocycles. The van der Waals surface area contributed by atoms with Crippen molar-refractivity contribution in [1.82, 2.24) is 5.32 Å². The predicted octanol–water partition coefficient (Wildman–Crippen LogP) is 2.16. The molecule has 25 heavy (non-hydrogen) atoms. The van der Waals surface area contributed by atoms with Gasteiger partial charge in [-0.05, 0) is 46.3 Å². The zero-order chi connectivity index (χ0) is 17.8. The number of phenols is 1. The molecule has 126 valence electrons. The van der Waals surface area contributed by atoms with E-state index in [9.17, 15) is 14.7 Å². The summed E-state index contributed by atoms with van der Waals surface area (Å²) in [6.07, 6.45) is 2.65. The molecule has 1 fully saturated rings. The average Bonchev–Trinajstić information content (AvgIpc) is 2.94. The summed E-state index contributed by atoms with van der Waals surface area (Å²) >= 11 is 1.01. The fourth-order valence-corrected chi connectivity index (χ4v) is 2.86. The molecule has 2 aromatic rings. The number of carbonyl (C=O) groups excluding carboxylic acids is 2. The van der Waals surface area contributed by atoms with Crippen molar-refractivity contribution in [2.24, 2.45) is 10.2 Å². The Bertz CT molecular complexity index is 950. The van der Waals surface area contributed by atoms with E-state index >= 15 is 0 Å². The van der Waals surface area contributed by atoms with Gasteiger partial charge >= 0.3 is 5.97 Å². The zero-order valence-electron chi connectivity index (χ0n) is 13.1. The number of nitrogens with zero attached hydrogens (tertiary/aromatic N) is 2. The molecule has 1 saturated heterocycles. The Morgan fingerprint density at radius 1 is 1.24 bits per heavy atom. The van der Waals surface area contributed by atoms with Crippen molar-refractivity contribution >= 4 is 45.8 Å². The maximum Gasteiger partial charge on any atom is 0.331 e. The van der Waals surface area contributed by atoms with Gasteiger partial charge in [-0.1, -0.05) is 18.2 Å². The summed E-state index contributed by atoms with van der Waals surface area (Å²) in [7, 11) is 1.24. The highest BCUT2D eigenvalue weighted by Crippen LogP contribution is 2.23. The van der Waals surface area contributed by atoms with Crippen molar-refractivity contribution in [2.75, 3.05) is 7.11 Å². The van der Waals surface area contributed by atoms with Gasteiger partial charge in [-0.2, -0.15) is 5.10 Å². The Hall–Kier alpha value is -3.13. The lowest BCUT2D eigenvalue weighted by Crippen LogP contribution is -2.19. The number of esters is 1. The summed E-state index contributed by atoms with van der Waals surface area (Å²) in [6.45, 7) is 0. The number of methoxy groups -OCH3 is 1. The summed E-state index contributed by atoms with van der Waals surface area (Å²) in [5.74, 6) is -0.815. The van der Waals surface area contributed by atoms with Gasteiger partial charge in [-0.25, -0.2) is 4.79 Å². The second-order valence-electron chi connectivity index (χ2n) is 5.03. The standard InChI is InChI=1S/C17H13N3O4S/c1-24-15(22)8-14-16(23)19-17(25-14)20-18-9-10-2-3-12-7-13(21)5-4-11(12)6-10/h2-9,21H,1H3,(H,19,20,23)/b14-8+,18-9?. The molecule has 0 radical (unpaired) electrons. The molecule has 0 saturated carbocycles. The zero-order valence-corrected chi connectivity index (χ0v) is 13.9. The fourth-order valence-electron chi connectivity index (χ4n) is 2.12. The molecule has 3 rings (SSSR count). The van der Waals surface area contributed by atoms with Gasteiger partial charge in [-0.3, -0.25) is 10.1 Å². The number of carbonyl (C=O) groups is 2. The van der Waals surface area contributed by atoms with Crippen molar-refractivity contribution in [3.8, 4) is 5.75 Å². The van der Waals surface area contributed by atoms with Gasteiger partial charge in [-0.15, -0.1) is 5.10 Å². The molecule has 0 atom stereocenters. The van der Waals surface area contributed by atoms with E-state index in [1.54, 1.807) is 18.3 Å². The van der Waals surface area contributed by atoms with E-state index in [1.165, 1.54) is 7.11 Å². The summed E-state index contributed by atoms with van der Waals surface area (Å²) in [5, 5.41) is 22.0. The van der Waals surface area contributed by atoms with Crippen molar-refractivity contribution in [3.05, 3.63) is 52.9 Å². The Labute approximate surface area is 147 Å². The molecular formula is C17H13N3O4S. The molecule has 2 N–H and O–H groups in total. The van der Waals surface area contributed by atoms with E-state index in [0.717, 1.165) is 34.2 Å². The Morgan fingerprint density at radius 2 is 2.00 bits per heavy atom. The van der Waals surface area contributed by atoms with E-state index in [0.29, 0.717) is 0 Å². The summed E-state index contributed by atoms with van der Waals surface area (Å²) in [6, 6.07) is 10.7. The first kappa shape index (κ1) is 16.7. The molecule has 1 aliphatic heterocycles. The minimum Gasteiger partial charge on any atom is -0.508 e. The Balaban J connectivity index is 1.73. The van der Waals surface area contributed by atoms with Crippen LogP contribution in [-0.4, -0.2) is 35.5 Å². The SMILES string of the molecule is COC(=O)/C=C1/S/C(=N\N=Cc2ccc3cc(O)ccc3c2)NC1=O. The lowest BCUT2D eigenvalue weighted by molar-refractivity contribution is -0.135. The Morgan fingerprint density at radius 3 is 2.80 bits per heavy atom. The van der Waals surface area contributed by atoms with E-state index in [1.807, 2.05) is 24.3 Å². The molecule has 0 spiro atoms. The van der Waals surface area contributed by atoms with Crippen LogP contribution in [0.15, 0.2) is 57.6 Å². The van der Waals surface area contributed by atoms with Crippen LogP contribution in [0, 0.1) is 0 Å². The number of amidine groups is 1. The molecule has 0 bridgehead atoms. The molecule has 1 amide bonds. The summed E-state index contributed by atoms with van der Waals surface area (Å²) in [4.78, 5) is 23.1. The largest absolute Gasteiger partial charge is 0.508 e. The summed E-state index contributed by atoms with van der Waals surface area (Å²) in [5.41, 5.74) is 0.821. The predicted molar refractivity (Wildman–Crippen MR) is 96.5 cm³/mol. The third-order valence-electron chi connectivity index (χ3n) is 3.30. The lowest BCUT2D eigenvalue weighted by Gasteiger charge is -1.99. The average molecular weight is 355 g/mol. The molecule has 7 nitrogen and oxygen atoms in total. The second-order valence-corrected chi connectivity index (χ2v) is 6.06. The van der Waals surface area contributed by atoms with Crippen LogP contribution in [0.1, 0.15) is 5.56 Å². The molecule has 8 heteroatoms. The van der Waals surface area contributed by atoms with E-state index in [2.05, 4.69) is 20.3 Å². The highest BCUT2D eigenvalue weighted by molar-refractivity contribution is 8.18. The number of fused-ring (bicyclic) bond motifs is 1. The minimum absolute atomic E-state index is 0.200. The van der Waals surface area contributed by atoms with Gasteiger partial charge in [0.25, 0.3) is 5.91 Å². The number of hydrogen-bond donors (Lipinski definition) is 2. The number of ether oxygens (including phenoxy) is 1. The maximum atomic E-state index is 11.7. The smallest absolute Gasteiger partial charge is 0.331 e. The number of hydrogen-bond acceptors (Lipinski definition) is 7. The van der Waals surface area contributed by atoms with E-state index in [4.69, 9.17) is 0 Å². The number of amides is 1. The topological polar surface area (TPSA) is 100 Å². The molecule has 2 aromatic carbocycles. The highest BCUT2D eigenvalue weighted by atomic mass is 32.2. The van der Waals surface area contributed by atoms with E-state index < -0.39 is 11.9 Å². The molecule has 0 unspecified atom stereocenters. The first-order valence-corrected chi connectivity index (χ1v) is 7.99. The Kier molecular flexibility index (Phi) is 4.80. The lowest BCUT2D eigenvalue weighted by atomic mass is 10.1. The quantitative estimate of drug-likeness (QED) is 0.380. The first-order valence-electron chi connectivity index (χ1n) is 7.18. The minimum atomic E-state index is -0.607. The highest BCUT2D eigenvalue weighted by Gasteiger charge is 2.24. The third kappa shape index (κ3) is 4.04. The monoisotopic (exact) mass is 355 g/mol. The van der Waals surface area contributed by atoms with Crippen LogP contribution in [0.5, 0.6) is 5.75 Å². The van der Waals surface area contributed by atoms with Crippen LogP contribution in [0.2, 0.25) is 0 Å². The van der Waals surface area contributed by atoms with Crippen LogP contribution in [0.3, 0.4) is 0 Å². The van der Waals surface area contributed by atoms with Crippen LogP contribution in [0.25, 0.3) is 10.8 Å². The molecule has 1 heterocycles. The number of nitrogens with one attached hydrogen (secondary N) is 1. The number of phenolic OH excluding ortho intramolecular Hbond substituents is 1. The van der Waals surface area contributed by atoms with Crippen molar-refractivity contribution in [3.63, 3.8) is 0 Å². The van der Waals surface area contributed by atoms with Gasteiger partial charge in [0, 0.05) is 6.08 Å². The van der Waals surface area contributed by atoms with Crippen LogP contribution >= 0.6 is 11.8 Å². The normalized spacial score (nSPS) is 17.6. The summed E-state index contributed by atoms with van der Waals surface area (Å²) < 4.78 is 4.48. The van der Waals surface area contributed by atoms with Gasteiger partial charge in [0.15, 0.2) is 5.17 Å². The maximum absolute atomic E-state index is 11.7. The van der Waals surface area contributed by atoms with Gasteiger partial charge in [0.1, 0.15) is 5.75 Å². The fraction of sp³-hybridized carbons (Fsp3) is 0.0588. The van der Waals surface area contributed by atoms with Gasteiger partial charge in [0.2, 0.25) is 0 Å². The molecule has 0 aliphatic carbocycles. The van der Waals surface area contributed by atoms with Crippen LogP contribution in [-0.2, 0) is 14.3 Å². The van der Waals surface area contributed by atoms with Crippen molar-refractivity contribution in [1.29, 1.82) is 0 Å². The van der Waals surface area contributed by atoms with Gasteiger partial charge in [0.05, 0.1) is 18.2 Å². The van der Waals surface area contributed by atoms with Crippen LogP contribution < -0.4 is 5.32 Å². The number of aromatic hydroxyl groups is 1. The van der Waals surface area contributed by atoms with Gasteiger partial charge < -0.3 is 9.84 Å². The first-order chi connectivity index (χ1) is 12.0. The van der Waals surface area contributed by atoms with Crippen molar-refractivity contribution in [2.45, 2.75) is 0 Å². The van der Waals surface area contributed by atoms with Crippen molar-refractivity contribution < 1.29 is 19.4 Å². The number of benzene rings is 2. The van der Waals surface area contributed by atoms with E-state index in [-0.39, 0.29) is 15.8 Å². The number of thioether (sulfide) groups is 1. The molecular weight excluding hydrogens is 342 g/mol. The third-order valence-corrected chi connectivity index (χ3v) is 4.20. The number of rotatable bonds is 3. The molecule has 1 aliphatic rings.